The number of ether oxygens (including phenoxy) is 1. The molecule has 1 N–H and O–H groups in total. The lowest BCUT2D eigenvalue weighted by atomic mass is 9.62. The number of fused-ring (bicyclic) bond motifs is 1. The third-order valence-electron chi connectivity index (χ3n) is 6.74. The molecule has 2 fully saturated rings. The van der Waals surface area contributed by atoms with Gasteiger partial charge >= 0.3 is 5.97 Å². The van der Waals surface area contributed by atoms with Crippen molar-refractivity contribution in [2.75, 3.05) is 12.4 Å². The normalized spacial score (nSPS) is 37.1. The SMILES string of the molecule is CC[C@@H]1C[C@@H]2C=C(C(=O)OC)C3Nc4ccccc4[C@]34CC(=O)N1[C@H]24. The Hall–Kier alpha value is -2.30. The molecule has 1 aromatic carbocycles. The molecule has 0 radical (unpaired) electrons. The van der Waals surface area contributed by atoms with Crippen LogP contribution in [0.1, 0.15) is 31.7 Å². The van der Waals surface area contributed by atoms with Crippen LogP contribution in [-0.2, 0) is 19.7 Å². The van der Waals surface area contributed by atoms with Crippen LogP contribution in [0.15, 0.2) is 35.9 Å². The lowest BCUT2D eigenvalue weighted by Gasteiger charge is -2.43. The van der Waals surface area contributed by atoms with Crippen molar-refractivity contribution >= 4 is 17.6 Å². The number of anilines is 1. The molecule has 1 unspecified atom stereocenters. The third kappa shape index (κ3) is 1.64. The Kier molecular flexibility index (Phi) is 2.92. The topological polar surface area (TPSA) is 58.6 Å². The van der Waals surface area contributed by atoms with E-state index in [2.05, 4.69) is 29.3 Å². The van der Waals surface area contributed by atoms with Gasteiger partial charge in [-0.15, -0.1) is 0 Å². The van der Waals surface area contributed by atoms with E-state index in [-0.39, 0.29) is 41.3 Å². The minimum atomic E-state index is -0.361. The van der Waals surface area contributed by atoms with Crippen LogP contribution in [0.5, 0.6) is 0 Å². The van der Waals surface area contributed by atoms with Gasteiger partial charge in [0.2, 0.25) is 5.91 Å². The second kappa shape index (κ2) is 4.87. The van der Waals surface area contributed by atoms with E-state index >= 15 is 0 Å². The van der Waals surface area contributed by atoms with Crippen molar-refractivity contribution in [2.24, 2.45) is 5.92 Å². The Balaban J connectivity index is 1.75. The number of nitrogens with one attached hydrogen (secondary N) is 1. The van der Waals surface area contributed by atoms with E-state index in [4.69, 9.17) is 4.74 Å². The fourth-order valence-corrected chi connectivity index (χ4v) is 5.92. The summed E-state index contributed by atoms with van der Waals surface area (Å²) in [5.74, 6) is 0.158. The van der Waals surface area contributed by atoms with Crippen LogP contribution >= 0.6 is 0 Å². The molecule has 5 nitrogen and oxygen atoms in total. The zero-order valence-electron chi connectivity index (χ0n) is 14.5. The van der Waals surface area contributed by atoms with Gasteiger partial charge in [0, 0.05) is 24.1 Å². The molecule has 0 saturated carbocycles. The number of carbonyl (C=O) groups excluding carboxylic acids is 2. The number of hydrogen-bond donors (Lipinski definition) is 1. The van der Waals surface area contributed by atoms with E-state index in [1.165, 1.54) is 12.7 Å². The van der Waals surface area contributed by atoms with E-state index in [0.717, 1.165) is 18.5 Å². The van der Waals surface area contributed by atoms with Gasteiger partial charge < -0.3 is 15.0 Å². The molecule has 2 saturated heterocycles. The number of nitrogens with zero attached hydrogens (tertiary/aromatic N) is 1. The summed E-state index contributed by atoms with van der Waals surface area (Å²) in [5.41, 5.74) is 2.54. The first-order chi connectivity index (χ1) is 12.1. The number of methoxy groups -OCH3 is 1. The summed E-state index contributed by atoms with van der Waals surface area (Å²) in [6, 6.07) is 8.41. The summed E-state index contributed by atoms with van der Waals surface area (Å²) in [5, 5.41) is 3.54. The highest BCUT2D eigenvalue weighted by Gasteiger charge is 2.68. The van der Waals surface area contributed by atoms with Gasteiger partial charge in [-0.25, -0.2) is 4.79 Å². The maximum absolute atomic E-state index is 13.0. The van der Waals surface area contributed by atoms with Crippen LogP contribution in [-0.4, -0.2) is 42.0 Å². The molecule has 25 heavy (non-hydrogen) atoms. The highest BCUT2D eigenvalue weighted by molar-refractivity contribution is 5.95. The Morgan fingerprint density at radius 2 is 2.20 bits per heavy atom. The van der Waals surface area contributed by atoms with Crippen molar-refractivity contribution in [1.29, 1.82) is 0 Å². The summed E-state index contributed by atoms with van der Waals surface area (Å²) in [7, 11) is 1.43. The molecule has 5 atom stereocenters. The zero-order valence-corrected chi connectivity index (χ0v) is 14.5. The molecular weight excluding hydrogens is 316 g/mol. The molecule has 3 aliphatic heterocycles. The van der Waals surface area contributed by atoms with E-state index in [0.29, 0.717) is 12.0 Å². The average molecular weight is 338 g/mol. The predicted molar refractivity (Wildman–Crippen MR) is 93.1 cm³/mol. The van der Waals surface area contributed by atoms with Crippen molar-refractivity contribution < 1.29 is 14.3 Å². The Bertz CT molecular complexity index is 817. The molecule has 1 aromatic rings. The number of rotatable bonds is 2. The molecule has 1 amide bonds. The molecule has 1 spiro atoms. The zero-order chi connectivity index (χ0) is 17.3. The summed E-state index contributed by atoms with van der Waals surface area (Å²) >= 11 is 0. The number of para-hydroxylation sites is 1. The highest BCUT2D eigenvalue weighted by atomic mass is 16.5. The van der Waals surface area contributed by atoms with Gasteiger partial charge in [-0.2, -0.15) is 0 Å². The first-order valence-corrected chi connectivity index (χ1v) is 9.09. The molecule has 4 aliphatic rings. The van der Waals surface area contributed by atoms with E-state index in [1.54, 1.807) is 0 Å². The molecule has 3 heterocycles. The van der Waals surface area contributed by atoms with Crippen molar-refractivity contribution in [2.45, 2.75) is 49.7 Å². The van der Waals surface area contributed by atoms with Crippen LogP contribution in [0.2, 0.25) is 0 Å². The van der Waals surface area contributed by atoms with E-state index in [1.807, 2.05) is 18.2 Å². The molecule has 5 rings (SSSR count). The molecule has 5 heteroatoms. The first kappa shape index (κ1) is 15.0. The monoisotopic (exact) mass is 338 g/mol. The van der Waals surface area contributed by atoms with Gasteiger partial charge in [0.05, 0.1) is 30.2 Å². The number of carbonyl (C=O) groups is 2. The maximum atomic E-state index is 13.0. The van der Waals surface area contributed by atoms with Crippen LogP contribution < -0.4 is 5.32 Å². The maximum Gasteiger partial charge on any atom is 0.335 e. The third-order valence-corrected chi connectivity index (χ3v) is 6.74. The molecule has 130 valence electrons. The predicted octanol–water partition coefficient (Wildman–Crippen LogP) is 2.23. The number of esters is 1. The summed E-state index contributed by atoms with van der Waals surface area (Å²) in [4.78, 5) is 27.7. The van der Waals surface area contributed by atoms with Gasteiger partial charge in [0.1, 0.15) is 0 Å². The Morgan fingerprint density at radius 1 is 1.40 bits per heavy atom. The minimum absolute atomic E-state index is 0.138. The largest absolute Gasteiger partial charge is 0.466 e. The first-order valence-electron chi connectivity index (χ1n) is 9.09. The smallest absolute Gasteiger partial charge is 0.335 e. The van der Waals surface area contributed by atoms with Crippen LogP contribution in [0.3, 0.4) is 0 Å². The van der Waals surface area contributed by atoms with Crippen molar-refractivity contribution in [3.63, 3.8) is 0 Å². The summed E-state index contributed by atoms with van der Waals surface area (Å²) < 4.78 is 5.08. The fourth-order valence-electron chi connectivity index (χ4n) is 5.92. The van der Waals surface area contributed by atoms with Gasteiger partial charge in [0.25, 0.3) is 0 Å². The summed E-state index contributed by atoms with van der Waals surface area (Å²) in [6.45, 7) is 2.14. The second-order valence-corrected chi connectivity index (χ2v) is 7.66. The van der Waals surface area contributed by atoms with E-state index in [9.17, 15) is 9.59 Å². The highest BCUT2D eigenvalue weighted by Crippen LogP contribution is 2.60. The molecule has 0 bridgehead atoms. The van der Waals surface area contributed by atoms with Crippen LogP contribution in [0.4, 0.5) is 5.69 Å². The Labute approximate surface area is 147 Å². The van der Waals surface area contributed by atoms with Gasteiger partial charge in [0.15, 0.2) is 0 Å². The second-order valence-electron chi connectivity index (χ2n) is 7.66. The molecular formula is C20H22N2O3. The minimum Gasteiger partial charge on any atom is -0.466 e. The van der Waals surface area contributed by atoms with Crippen molar-refractivity contribution in [3.05, 3.63) is 41.5 Å². The Morgan fingerprint density at radius 3 is 2.96 bits per heavy atom. The van der Waals surface area contributed by atoms with E-state index < -0.39 is 0 Å². The lowest BCUT2D eigenvalue weighted by Crippen LogP contribution is -2.54. The van der Waals surface area contributed by atoms with Crippen LogP contribution in [0.25, 0.3) is 0 Å². The quantitative estimate of drug-likeness (QED) is 0.840. The lowest BCUT2D eigenvalue weighted by molar-refractivity contribution is -0.136. The van der Waals surface area contributed by atoms with Crippen LogP contribution in [0, 0.1) is 5.92 Å². The number of hydrogen-bond acceptors (Lipinski definition) is 4. The number of benzene rings is 1. The van der Waals surface area contributed by atoms with Crippen molar-refractivity contribution in [1.82, 2.24) is 4.90 Å². The van der Waals surface area contributed by atoms with Gasteiger partial charge in [-0.3, -0.25) is 4.79 Å². The summed E-state index contributed by atoms with van der Waals surface area (Å²) in [6.07, 6.45) is 4.44. The van der Waals surface area contributed by atoms with Crippen molar-refractivity contribution in [3.8, 4) is 0 Å². The molecule has 1 aliphatic carbocycles. The fraction of sp³-hybridized carbons (Fsp3) is 0.500. The molecule has 0 aromatic heterocycles. The van der Waals surface area contributed by atoms with Gasteiger partial charge in [-0.1, -0.05) is 31.2 Å². The average Bonchev–Trinajstić information content (AvgIpc) is 3.26. The standard InChI is InChI=1S/C20H22N2O3/c1-3-12-8-11-9-13(19(24)25-2)17-20(10-16(23)22(12)18(11)20)14-6-4-5-7-15(14)21-17/h4-7,9,11-12,17-18,21H,3,8,10H2,1-2H3/t11-,12-,17?,18-,20-/m1/s1. The number of amides is 1. The van der Waals surface area contributed by atoms with Gasteiger partial charge in [-0.05, 0) is 24.5 Å².